The molecule has 0 atom stereocenters. The molecular weight excluding hydrogens is 244 g/mol. The van der Waals surface area contributed by atoms with Crippen molar-refractivity contribution in [3.05, 3.63) is 52.5 Å². The maximum Gasteiger partial charge on any atom is 0.264 e. The summed E-state index contributed by atoms with van der Waals surface area (Å²) in [7, 11) is 0. The van der Waals surface area contributed by atoms with E-state index in [0.29, 0.717) is 12.6 Å². The Hall–Kier alpha value is -1.68. The number of hydrogen-bond acceptors (Lipinski definition) is 3. The highest BCUT2D eigenvalue weighted by Gasteiger charge is 2.33. The number of rotatable bonds is 4. The summed E-state index contributed by atoms with van der Waals surface area (Å²) in [6.07, 6.45) is 5.83. The van der Waals surface area contributed by atoms with Gasteiger partial charge in [0.1, 0.15) is 0 Å². The van der Waals surface area contributed by atoms with Gasteiger partial charge in [-0.25, -0.2) is 0 Å². The van der Waals surface area contributed by atoms with Gasteiger partial charge < -0.3 is 4.90 Å². The molecule has 1 saturated carbocycles. The normalized spacial score (nSPS) is 14.4. The van der Waals surface area contributed by atoms with Crippen LogP contribution in [0.1, 0.15) is 28.1 Å². The molecule has 3 nitrogen and oxygen atoms in total. The summed E-state index contributed by atoms with van der Waals surface area (Å²) >= 11 is 1.51. The van der Waals surface area contributed by atoms with Crippen molar-refractivity contribution in [3.63, 3.8) is 0 Å². The first-order valence-electron chi connectivity index (χ1n) is 6.08. The van der Waals surface area contributed by atoms with Gasteiger partial charge in [0.05, 0.1) is 4.88 Å². The molecule has 92 valence electrons. The summed E-state index contributed by atoms with van der Waals surface area (Å²) < 4.78 is 0. The second kappa shape index (κ2) is 4.90. The molecule has 1 aliphatic carbocycles. The van der Waals surface area contributed by atoms with Crippen molar-refractivity contribution < 1.29 is 4.79 Å². The third-order valence-electron chi connectivity index (χ3n) is 3.06. The standard InChI is InChI=1S/C14H14N2OS/c17-14(13-4-2-8-18-13)16(12-5-6-12)10-11-3-1-7-15-9-11/h1-4,7-9,12H,5-6,10H2. The Morgan fingerprint density at radius 1 is 1.39 bits per heavy atom. The lowest BCUT2D eigenvalue weighted by Gasteiger charge is -2.21. The van der Waals surface area contributed by atoms with E-state index < -0.39 is 0 Å². The van der Waals surface area contributed by atoms with Crippen LogP contribution >= 0.6 is 11.3 Å². The molecule has 18 heavy (non-hydrogen) atoms. The predicted molar refractivity (Wildman–Crippen MR) is 71.5 cm³/mol. The predicted octanol–water partition coefficient (Wildman–Crippen LogP) is 2.95. The van der Waals surface area contributed by atoms with Gasteiger partial charge in [0.2, 0.25) is 0 Å². The summed E-state index contributed by atoms with van der Waals surface area (Å²) in [6.45, 7) is 0.662. The number of thiophene rings is 1. The van der Waals surface area contributed by atoms with Crippen molar-refractivity contribution in [2.24, 2.45) is 0 Å². The fourth-order valence-electron chi connectivity index (χ4n) is 1.98. The van der Waals surface area contributed by atoms with E-state index in [9.17, 15) is 4.79 Å². The third-order valence-corrected chi connectivity index (χ3v) is 3.91. The number of carbonyl (C=O) groups is 1. The van der Waals surface area contributed by atoms with E-state index >= 15 is 0 Å². The quantitative estimate of drug-likeness (QED) is 0.844. The molecule has 2 aromatic rings. The van der Waals surface area contributed by atoms with Crippen LogP contribution in [-0.4, -0.2) is 21.8 Å². The van der Waals surface area contributed by atoms with Crippen molar-refractivity contribution in [1.29, 1.82) is 0 Å². The number of aromatic nitrogens is 1. The second-order valence-corrected chi connectivity index (χ2v) is 5.45. The average Bonchev–Trinajstić information content (AvgIpc) is 3.10. The highest BCUT2D eigenvalue weighted by Crippen LogP contribution is 2.30. The first-order valence-corrected chi connectivity index (χ1v) is 6.96. The van der Waals surface area contributed by atoms with E-state index in [2.05, 4.69) is 4.98 Å². The SMILES string of the molecule is O=C(c1cccs1)N(Cc1cccnc1)C1CC1. The molecule has 0 saturated heterocycles. The Labute approximate surface area is 110 Å². The van der Waals surface area contributed by atoms with Crippen LogP contribution < -0.4 is 0 Å². The minimum Gasteiger partial charge on any atom is -0.331 e. The molecule has 1 aliphatic rings. The Morgan fingerprint density at radius 2 is 2.28 bits per heavy atom. The van der Waals surface area contributed by atoms with Crippen molar-refractivity contribution in [2.45, 2.75) is 25.4 Å². The van der Waals surface area contributed by atoms with Crippen LogP contribution in [0.3, 0.4) is 0 Å². The Balaban J connectivity index is 1.79. The van der Waals surface area contributed by atoms with E-state index in [-0.39, 0.29) is 5.91 Å². The molecule has 2 heterocycles. The molecule has 0 unspecified atom stereocenters. The zero-order chi connectivity index (χ0) is 12.4. The Morgan fingerprint density at radius 3 is 2.89 bits per heavy atom. The van der Waals surface area contributed by atoms with Gasteiger partial charge in [0.25, 0.3) is 5.91 Å². The van der Waals surface area contributed by atoms with Crippen LogP contribution in [0.15, 0.2) is 42.0 Å². The molecule has 4 heteroatoms. The van der Waals surface area contributed by atoms with Gasteiger partial charge >= 0.3 is 0 Å². The zero-order valence-electron chi connectivity index (χ0n) is 9.95. The zero-order valence-corrected chi connectivity index (χ0v) is 10.8. The number of carbonyl (C=O) groups excluding carboxylic acids is 1. The Bertz CT molecular complexity index is 520. The Kier molecular flexibility index (Phi) is 3.11. The molecule has 3 rings (SSSR count). The number of pyridine rings is 1. The molecule has 0 spiro atoms. The van der Waals surface area contributed by atoms with E-state index in [1.165, 1.54) is 11.3 Å². The van der Waals surface area contributed by atoms with Crippen molar-refractivity contribution in [2.75, 3.05) is 0 Å². The fraction of sp³-hybridized carbons (Fsp3) is 0.286. The van der Waals surface area contributed by atoms with Crippen LogP contribution in [-0.2, 0) is 6.54 Å². The molecule has 1 fully saturated rings. The van der Waals surface area contributed by atoms with Crippen molar-refractivity contribution >= 4 is 17.2 Å². The van der Waals surface area contributed by atoms with Gasteiger partial charge in [-0.3, -0.25) is 9.78 Å². The monoisotopic (exact) mass is 258 g/mol. The van der Waals surface area contributed by atoms with Crippen LogP contribution in [0.2, 0.25) is 0 Å². The molecule has 2 aromatic heterocycles. The third kappa shape index (κ3) is 2.43. The van der Waals surface area contributed by atoms with Gasteiger partial charge in [-0.15, -0.1) is 11.3 Å². The highest BCUT2D eigenvalue weighted by atomic mass is 32.1. The second-order valence-electron chi connectivity index (χ2n) is 4.50. The molecule has 0 aliphatic heterocycles. The largest absolute Gasteiger partial charge is 0.331 e. The van der Waals surface area contributed by atoms with Gasteiger partial charge in [-0.2, -0.15) is 0 Å². The smallest absolute Gasteiger partial charge is 0.264 e. The molecule has 0 bridgehead atoms. The van der Waals surface area contributed by atoms with Crippen molar-refractivity contribution in [3.8, 4) is 0 Å². The maximum absolute atomic E-state index is 12.4. The van der Waals surface area contributed by atoms with E-state index in [1.807, 2.05) is 40.7 Å². The maximum atomic E-state index is 12.4. The highest BCUT2D eigenvalue weighted by molar-refractivity contribution is 7.12. The van der Waals surface area contributed by atoms with Gasteiger partial charge in [0, 0.05) is 25.0 Å². The van der Waals surface area contributed by atoms with E-state index in [1.54, 1.807) is 6.20 Å². The number of nitrogens with zero attached hydrogens (tertiary/aromatic N) is 2. The lowest BCUT2D eigenvalue weighted by molar-refractivity contribution is 0.0735. The number of amides is 1. The van der Waals surface area contributed by atoms with E-state index in [4.69, 9.17) is 0 Å². The molecule has 0 radical (unpaired) electrons. The topological polar surface area (TPSA) is 33.2 Å². The van der Waals surface area contributed by atoms with Crippen LogP contribution in [0, 0.1) is 0 Å². The molecular formula is C14H14N2OS. The van der Waals surface area contributed by atoms with Crippen LogP contribution in [0.4, 0.5) is 0 Å². The summed E-state index contributed by atoms with van der Waals surface area (Å²) in [6, 6.07) is 8.17. The van der Waals surface area contributed by atoms with Gasteiger partial charge in [0.15, 0.2) is 0 Å². The van der Waals surface area contributed by atoms with Gasteiger partial charge in [-0.1, -0.05) is 12.1 Å². The van der Waals surface area contributed by atoms with Crippen LogP contribution in [0.5, 0.6) is 0 Å². The molecule has 0 aromatic carbocycles. The first-order chi connectivity index (χ1) is 8.84. The minimum atomic E-state index is 0.149. The minimum absolute atomic E-state index is 0.149. The first kappa shape index (κ1) is 11.4. The van der Waals surface area contributed by atoms with E-state index in [0.717, 1.165) is 23.3 Å². The summed E-state index contributed by atoms with van der Waals surface area (Å²) in [5.41, 5.74) is 1.09. The van der Waals surface area contributed by atoms with Gasteiger partial charge in [-0.05, 0) is 35.9 Å². The summed E-state index contributed by atoms with van der Waals surface area (Å²) in [4.78, 5) is 19.3. The summed E-state index contributed by atoms with van der Waals surface area (Å²) in [5.74, 6) is 0.149. The average molecular weight is 258 g/mol. The molecule has 0 N–H and O–H groups in total. The van der Waals surface area contributed by atoms with Crippen molar-refractivity contribution in [1.82, 2.24) is 9.88 Å². The fourth-order valence-corrected chi connectivity index (χ4v) is 2.66. The summed E-state index contributed by atoms with van der Waals surface area (Å²) in [5, 5.41) is 1.95. The lowest BCUT2D eigenvalue weighted by atomic mass is 10.2. The number of hydrogen-bond donors (Lipinski definition) is 0. The van der Waals surface area contributed by atoms with Crippen LogP contribution in [0.25, 0.3) is 0 Å². The molecule has 1 amide bonds. The lowest BCUT2D eigenvalue weighted by Crippen LogP contribution is -2.32.